The van der Waals surface area contributed by atoms with E-state index in [1.807, 2.05) is 0 Å². The number of fused-ring (bicyclic) bond motifs is 1. The minimum Gasteiger partial charge on any atom is -0.504 e. The van der Waals surface area contributed by atoms with E-state index < -0.39 is 66.8 Å². The molecule has 1 aromatic carbocycles. The van der Waals surface area contributed by atoms with E-state index in [0.717, 1.165) is 59.8 Å². The summed E-state index contributed by atoms with van der Waals surface area (Å²) in [5.41, 5.74) is -0.915. The lowest BCUT2D eigenvalue weighted by molar-refractivity contribution is -0.288. The van der Waals surface area contributed by atoms with E-state index >= 15 is 0 Å². The fourth-order valence-electron chi connectivity index (χ4n) is 5.09. The predicted molar refractivity (Wildman–Crippen MR) is 144 cm³/mol. The fraction of sp³-hybridized carbons (Fsp3) is 0.552. The summed E-state index contributed by atoms with van der Waals surface area (Å²) in [4.78, 5) is 60.3. The third-order valence-electron chi connectivity index (χ3n) is 6.85. The number of hydrogen-bond acceptors (Lipinski definition) is 14. The summed E-state index contributed by atoms with van der Waals surface area (Å²) in [7, 11) is 0. The van der Waals surface area contributed by atoms with E-state index in [1.165, 1.54) is 18.2 Å². The zero-order valence-corrected chi connectivity index (χ0v) is 24.2. The molecule has 0 unspecified atom stereocenters. The summed E-state index contributed by atoms with van der Waals surface area (Å²) in [6.45, 7) is 4.05. The predicted octanol–water partition coefficient (Wildman–Crippen LogP) is 2.67. The second-order valence-electron chi connectivity index (χ2n) is 10.3. The molecule has 0 spiro atoms. The Morgan fingerprint density at radius 2 is 1.47 bits per heavy atom. The van der Waals surface area contributed by atoms with E-state index in [4.69, 9.17) is 37.6 Å². The van der Waals surface area contributed by atoms with Crippen molar-refractivity contribution in [3.8, 4) is 17.2 Å². The van der Waals surface area contributed by atoms with E-state index in [2.05, 4.69) is 0 Å². The number of benzene rings is 1. The molecule has 43 heavy (non-hydrogen) atoms. The van der Waals surface area contributed by atoms with Gasteiger partial charge in [0, 0.05) is 33.8 Å². The number of hydrogen-bond donors (Lipinski definition) is 1. The molecule has 0 radical (unpaired) electrons. The van der Waals surface area contributed by atoms with E-state index in [1.54, 1.807) is 0 Å². The van der Waals surface area contributed by atoms with Gasteiger partial charge in [0.05, 0.1) is 11.5 Å². The van der Waals surface area contributed by atoms with Crippen molar-refractivity contribution in [1.82, 2.24) is 0 Å². The largest absolute Gasteiger partial charge is 0.504 e. The molecule has 1 aromatic heterocycles. The van der Waals surface area contributed by atoms with Crippen LogP contribution in [0.15, 0.2) is 27.4 Å². The van der Waals surface area contributed by atoms with Gasteiger partial charge in [0.2, 0.25) is 18.1 Å². The molecule has 2 fully saturated rings. The molecule has 2 aromatic rings. The number of aromatic hydroxyl groups is 1. The number of carbonyl (C=O) groups is 4. The molecule has 1 saturated heterocycles. The maximum atomic E-state index is 12.7. The average Bonchev–Trinajstić information content (AvgIpc) is 2.93. The highest BCUT2D eigenvalue weighted by Crippen LogP contribution is 2.36. The Hall–Kier alpha value is -4.33. The molecule has 14 nitrogen and oxygen atoms in total. The molecule has 4 rings (SSSR count). The van der Waals surface area contributed by atoms with Crippen molar-refractivity contribution in [3.05, 3.63) is 28.6 Å². The van der Waals surface area contributed by atoms with Crippen LogP contribution in [0, 0.1) is 0 Å². The first-order chi connectivity index (χ1) is 20.4. The normalized spacial score (nSPS) is 24.0. The molecular formula is C29H34O14. The van der Waals surface area contributed by atoms with Crippen LogP contribution in [0.5, 0.6) is 17.2 Å². The molecule has 2 aliphatic rings. The monoisotopic (exact) mass is 606 g/mol. The highest BCUT2D eigenvalue weighted by molar-refractivity contribution is 5.86. The van der Waals surface area contributed by atoms with Gasteiger partial charge >= 0.3 is 29.5 Å². The summed E-state index contributed by atoms with van der Waals surface area (Å²) in [6.07, 6.45) is -2.60. The van der Waals surface area contributed by atoms with Crippen molar-refractivity contribution in [2.75, 3.05) is 6.61 Å². The summed E-state index contributed by atoms with van der Waals surface area (Å²) < 4.78 is 44.3. The van der Waals surface area contributed by atoms with Gasteiger partial charge in [-0.3, -0.25) is 19.2 Å². The number of carbonyl (C=O) groups excluding carboxylic acids is 4. The standard InChI is InChI=1S/C29H34O14/c1-14(30)36-13-22-24(37-15(2)31)26(38-16(3)32)27(39-17(4)33)29(43-22)41-19-10-11-20-21(12-19)42-28(35)25(23(20)34)40-18-8-6-5-7-9-18/h10-12,18,22,24,26-27,29,34H,5-9,13H2,1-4H3/t22-,24+,26+,27-,29-/m1/s1. The van der Waals surface area contributed by atoms with Crippen molar-refractivity contribution in [3.63, 3.8) is 0 Å². The van der Waals surface area contributed by atoms with E-state index in [0.29, 0.717) is 0 Å². The van der Waals surface area contributed by atoms with Gasteiger partial charge in [-0.05, 0) is 37.8 Å². The molecule has 1 aliphatic heterocycles. The van der Waals surface area contributed by atoms with Gasteiger partial charge in [-0.1, -0.05) is 6.42 Å². The Labute approximate surface area is 246 Å². The number of rotatable bonds is 9. The summed E-state index contributed by atoms with van der Waals surface area (Å²) in [5, 5.41) is 11.0. The second-order valence-corrected chi connectivity index (χ2v) is 10.3. The molecule has 5 atom stereocenters. The molecule has 234 valence electrons. The van der Waals surface area contributed by atoms with Crippen LogP contribution < -0.4 is 15.1 Å². The maximum Gasteiger partial charge on any atom is 0.383 e. The average molecular weight is 607 g/mol. The van der Waals surface area contributed by atoms with E-state index in [9.17, 15) is 29.1 Å². The molecule has 1 aliphatic carbocycles. The van der Waals surface area contributed by atoms with Crippen molar-refractivity contribution < 1.29 is 61.9 Å². The van der Waals surface area contributed by atoms with Crippen molar-refractivity contribution in [2.24, 2.45) is 0 Å². The number of ether oxygens (including phenoxy) is 7. The van der Waals surface area contributed by atoms with Crippen LogP contribution in [0.3, 0.4) is 0 Å². The summed E-state index contributed by atoms with van der Waals surface area (Å²) in [5.74, 6) is -3.62. The van der Waals surface area contributed by atoms with Crippen molar-refractivity contribution >= 4 is 34.8 Å². The minimum absolute atomic E-state index is 0.0388. The highest BCUT2D eigenvalue weighted by atomic mass is 16.7. The van der Waals surface area contributed by atoms with Crippen molar-refractivity contribution in [1.29, 1.82) is 0 Å². The van der Waals surface area contributed by atoms with Gasteiger partial charge in [-0.15, -0.1) is 0 Å². The molecule has 14 heteroatoms. The lowest BCUT2D eigenvalue weighted by Crippen LogP contribution is -2.63. The fourth-order valence-corrected chi connectivity index (χ4v) is 5.09. The zero-order chi connectivity index (χ0) is 31.3. The van der Waals surface area contributed by atoms with Crippen LogP contribution in [0.25, 0.3) is 11.0 Å². The third kappa shape index (κ3) is 7.95. The summed E-state index contributed by atoms with van der Waals surface area (Å²) in [6, 6.07) is 4.16. The van der Waals surface area contributed by atoms with Crippen LogP contribution in [0.2, 0.25) is 0 Å². The Morgan fingerprint density at radius 3 is 2.09 bits per heavy atom. The first-order valence-electron chi connectivity index (χ1n) is 13.9. The molecular weight excluding hydrogens is 572 g/mol. The van der Waals surface area contributed by atoms with Crippen LogP contribution in [-0.4, -0.2) is 72.4 Å². The first-order valence-corrected chi connectivity index (χ1v) is 13.9. The molecule has 0 amide bonds. The van der Waals surface area contributed by atoms with Gasteiger partial charge in [-0.25, -0.2) is 4.79 Å². The van der Waals surface area contributed by atoms with Gasteiger partial charge < -0.3 is 42.7 Å². The van der Waals surface area contributed by atoms with Crippen LogP contribution in [0.1, 0.15) is 59.8 Å². The maximum absolute atomic E-state index is 12.7. The SMILES string of the molecule is CC(=O)OC[C@H]1O[C@@H](Oc2ccc3c(O)c(OC4CCCCC4)c(=O)oc3c2)[C@H](OC(C)=O)[C@@H](OC(C)=O)[C@H]1OC(C)=O. The van der Waals surface area contributed by atoms with Gasteiger partial charge in [0.15, 0.2) is 18.0 Å². The Bertz CT molecular complexity index is 1410. The lowest BCUT2D eigenvalue weighted by atomic mass is 9.98. The van der Waals surface area contributed by atoms with Gasteiger partial charge in [-0.2, -0.15) is 0 Å². The topological polar surface area (TPSA) is 183 Å². The third-order valence-corrected chi connectivity index (χ3v) is 6.85. The second kappa shape index (κ2) is 13.8. The van der Waals surface area contributed by atoms with Gasteiger partial charge in [0.25, 0.3) is 0 Å². The van der Waals surface area contributed by atoms with Crippen LogP contribution in [-0.2, 0) is 42.9 Å². The van der Waals surface area contributed by atoms with Gasteiger partial charge in [0.1, 0.15) is 24.0 Å². The summed E-state index contributed by atoms with van der Waals surface area (Å²) >= 11 is 0. The quantitative estimate of drug-likeness (QED) is 0.250. The lowest BCUT2D eigenvalue weighted by Gasteiger charge is -2.43. The molecule has 0 bridgehead atoms. The van der Waals surface area contributed by atoms with E-state index in [-0.39, 0.29) is 34.3 Å². The Kier molecular flexibility index (Phi) is 10.1. The highest BCUT2D eigenvalue weighted by Gasteiger charge is 2.53. The molecule has 1 saturated carbocycles. The smallest absolute Gasteiger partial charge is 0.383 e. The molecule has 1 N–H and O–H groups in total. The number of esters is 4. The Balaban J connectivity index is 1.67. The zero-order valence-electron chi connectivity index (χ0n) is 24.2. The molecule has 2 heterocycles. The Morgan fingerprint density at radius 1 is 0.837 bits per heavy atom. The first kappa shape index (κ1) is 31.6. The van der Waals surface area contributed by atoms with Crippen LogP contribution >= 0.6 is 0 Å². The van der Waals surface area contributed by atoms with Crippen molar-refractivity contribution in [2.45, 2.75) is 96.6 Å². The minimum atomic E-state index is -1.49. The van der Waals surface area contributed by atoms with Crippen LogP contribution in [0.4, 0.5) is 0 Å².